The molecule has 0 spiro atoms. The Bertz CT molecular complexity index is 459. The zero-order valence-corrected chi connectivity index (χ0v) is 14.5. The summed E-state index contributed by atoms with van der Waals surface area (Å²) in [4.78, 5) is 0. The van der Waals surface area contributed by atoms with Crippen molar-refractivity contribution in [2.45, 2.75) is 87.3 Å². The molecule has 2 aliphatic rings. The van der Waals surface area contributed by atoms with E-state index in [1.54, 1.807) is 13.8 Å². The van der Waals surface area contributed by atoms with Crippen LogP contribution in [0.3, 0.4) is 0 Å². The second kappa shape index (κ2) is 8.29. The minimum Gasteiger partial charge on any atom is -0.394 e. The summed E-state index contributed by atoms with van der Waals surface area (Å²) >= 11 is 0. The number of ether oxygens (including phenoxy) is 3. The van der Waals surface area contributed by atoms with E-state index < -0.39 is 73.6 Å². The molecule has 0 aromatic carbocycles. The molecule has 0 aromatic rings. The van der Waals surface area contributed by atoms with Gasteiger partial charge in [0, 0.05) is 6.42 Å². The van der Waals surface area contributed by atoms with Gasteiger partial charge < -0.3 is 55.1 Å². The van der Waals surface area contributed by atoms with Crippen LogP contribution in [0.15, 0.2) is 0 Å². The molecule has 11 heteroatoms. The zero-order valence-electron chi connectivity index (χ0n) is 14.5. The minimum absolute atomic E-state index is 0.0793. The molecule has 2 fully saturated rings. The van der Waals surface area contributed by atoms with Crippen molar-refractivity contribution in [3.63, 3.8) is 0 Å². The van der Waals surface area contributed by atoms with Crippen LogP contribution in [0.25, 0.3) is 0 Å². The summed E-state index contributed by atoms with van der Waals surface area (Å²) in [6.07, 6.45) is -14.9. The second-order valence-corrected chi connectivity index (χ2v) is 7.32. The van der Waals surface area contributed by atoms with Crippen molar-refractivity contribution in [3.8, 4) is 0 Å². The third-order valence-electron chi connectivity index (χ3n) is 4.66. The van der Waals surface area contributed by atoms with Gasteiger partial charge in [-0.15, -0.1) is 0 Å². The molecule has 154 valence electrons. The highest BCUT2D eigenvalue weighted by molar-refractivity contribution is 4.93. The Morgan fingerprint density at radius 3 is 1.85 bits per heavy atom. The van der Waals surface area contributed by atoms with E-state index in [4.69, 9.17) is 14.2 Å². The molecule has 10 atom stereocenters. The summed E-state index contributed by atoms with van der Waals surface area (Å²) in [5.41, 5.74) is -1.15. The molecule has 0 saturated carbocycles. The first kappa shape index (κ1) is 21.9. The van der Waals surface area contributed by atoms with Gasteiger partial charge in [-0.3, -0.25) is 0 Å². The Balaban J connectivity index is 2.03. The van der Waals surface area contributed by atoms with Crippen molar-refractivity contribution in [1.29, 1.82) is 0 Å². The topological polar surface area (TPSA) is 190 Å². The molecule has 2 aliphatic heterocycles. The Morgan fingerprint density at radius 2 is 1.27 bits per heavy atom. The van der Waals surface area contributed by atoms with Crippen molar-refractivity contribution < 1.29 is 55.1 Å². The van der Waals surface area contributed by atoms with Crippen molar-refractivity contribution in [2.24, 2.45) is 0 Å². The van der Waals surface area contributed by atoms with Crippen LogP contribution in [0, 0.1) is 0 Å². The quantitative estimate of drug-likeness (QED) is 0.229. The lowest BCUT2D eigenvalue weighted by Gasteiger charge is -2.45. The molecule has 0 aromatic heterocycles. The van der Waals surface area contributed by atoms with E-state index in [2.05, 4.69) is 0 Å². The first-order valence-corrected chi connectivity index (χ1v) is 8.34. The molecular weight excluding hydrogens is 356 g/mol. The summed E-state index contributed by atoms with van der Waals surface area (Å²) < 4.78 is 16.0. The van der Waals surface area contributed by atoms with E-state index in [-0.39, 0.29) is 6.42 Å². The van der Waals surface area contributed by atoms with Crippen molar-refractivity contribution in [2.75, 3.05) is 6.61 Å². The van der Waals surface area contributed by atoms with Gasteiger partial charge in [-0.2, -0.15) is 0 Å². The summed E-state index contributed by atoms with van der Waals surface area (Å²) in [5.74, 6) is 0. The molecule has 10 unspecified atom stereocenters. The highest BCUT2D eigenvalue weighted by atomic mass is 16.7. The summed E-state index contributed by atoms with van der Waals surface area (Å²) in [6.45, 7) is 2.49. The average Bonchev–Trinajstić information content (AvgIpc) is 2.58. The molecule has 0 radical (unpaired) electrons. The van der Waals surface area contributed by atoms with Gasteiger partial charge in [0.2, 0.25) is 0 Å². The number of rotatable bonds is 5. The van der Waals surface area contributed by atoms with Gasteiger partial charge in [0.05, 0.1) is 18.3 Å². The van der Waals surface area contributed by atoms with Gasteiger partial charge in [-0.05, 0) is 13.8 Å². The molecule has 26 heavy (non-hydrogen) atoms. The van der Waals surface area contributed by atoms with Crippen LogP contribution in [0.4, 0.5) is 0 Å². The third-order valence-corrected chi connectivity index (χ3v) is 4.66. The van der Waals surface area contributed by atoms with Crippen molar-refractivity contribution in [3.05, 3.63) is 0 Å². The molecule has 2 heterocycles. The Labute approximate surface area is 150 Å². The van der Waals surface area contributed by atoms with Crippen LogP contribution in [-0.4, -0.2) is 114 Å². The lowest BCUT2D eigenvalue weighted by atomic mass is 9.90. The van der Waals surface area contributed by atoms with Gasteiger partial charge in [0.15, 0.2) is 12.6 Å². The highest BCUT2D eigenvalue weighted by Crippen LogP contribution is 2.31. The van der Waals surface area contributed by atoms with Gasteiger partial charge in [-0.1, -0.05) is 0 Å². The average molecular weight is 384 g/mol. The van der Waals surface area contributed by atoms with Crippen LogP contribution in [0.5, 0.6) is 0 Å². The van der Waals surface area contributed by atoms with Crippen LogP contribution in [0.2, 0.25) is 0 Å². The van der Waals surface area contributed by atoms with E-state index in [0.29, 0.717) is 0 Å². The molecule has 11 nitrogen and oxygen atoms in total. The maximum absolute atomic E-state index is 10.0. The lowest BCUT2D eigenvalue weighted by Crippen LogP contribution is -2.61. The van der Waals surface area contributed by atoms with Gasteiger partial charge >= 0.3 is 0 Å². The third kappa shape index (κ3) is 4.51. The first-order valence-electron chi connectivity index (χ1n) is 8.34. The molecule has 0 aliphatic carbocycles. The molecule has 0 bridgehead atoms. The van der Waals surface area contributed by atoms with E-state index in [1.807, 2.05) is 0 Å². The number of aliphatic hydroxyl groups is 8. The number of hydrogen-bond acceptors (Lipinski definition) is 11. The van der Waals surface area contributed by atoms with Crippen LogP contribution < -0.4 is 0 Å². The van der Waals surface area contributed by atoms with Crippen LogP contribution in [0.1, 0.15) is 20.3 Å². The van der Waals surface area contributed by atoms with E-state index in [9.17, 15) is 40.9 Å². The predicted octanol–water partition coefficient (Wildman–Crippen LogP) is -4.23. The molecule has 2 rings (SSSR count). The maximum atomic E-state index is 10.0. The normalized spacial score (nSPS) is 47.8. The Kier molecular flexibility index (Phi) is 6.97. The molecule has 0 amide bonds. The summed E-state index contributed by atoms with van der Waals surface area (Å²) in [5, 5.41) is 77.6. The lowest BCUT2D eigenvalue weighted by molar-refractivity contribution is -0.332. The van der Waals surface area contributed by atoms with Gasteiger partial charge in [-0.25, -0.2) is 0 Å². The van der Waals surface area contributed by atoms with Crippen molar-refractivity contribution in [1.82, 2.24) is 0 Å². The smallest absolute Gasteiger partial charge is 0.187 e. The van der Waals surface area contributed by atoms with E-state index in [1.165, 1.54) is 0 Å². The highest BCUT2D eigenvalue weighted by Gasteiger charge is 2.48. The number of aliphatic hydroxyl groups excluding tert-OH is 8. The zero-order chi connectivity index (χ0) is 19.8. The molecule has 8 N–H and O–H groups in total. The monoisotopic (exact) mass is 384 g/mol. The predicted molar refractivity (Wildman–Crippen MR) is 82.4 cm³/mol. The largest absolute Gasteiger partial charge is 0.394 e. The first-order chi connectivity index (χ1) is 12.0. The van der Waals surface area contributed by atoms with Crippen molar-refractivity contribution >= 4 is 0 Å². The Morgan fingerprint density at radius 1 is 0.731 bits per heavy atom. The fraction of sp³-hybridized carbons (Fsp3) is 1.00. The van der Waals surface area contributed by atoms with E-state index in [0.717, 1.165) is 0 Å². The van der Waals surface area contributed by atoms with Gasteiger partial charge in [0.25, 0.3) is 0 Å². The second-order valence-electron chi connectivity index (χ2n) is 7.32. The maximum Gasteiger partial charge on any atom is 0.187 e. The summed E-state index contributed by atoms with van der Waals surface area (Å²) in [6, 6.07) is 0. The fourth-order valence-corrected chi connectivity index (χ4v) is 3.11. The molecular formula is C15H28O11. The van der Waals surface area contributed by atoms with Gasteiger partial charge in [0.1, 0.15) is 42.7 Å². The van der Waals surface area contributed by atoms with Crippen LogP contribution in [-0.2, 0) is 14.2 Å². The van der Waals surface area contributed by atoms with E-state index >= 15 is 0 Å². The fourth-order valence-electron chi connectivity index (χ4n) is 3.11. The SMILES string of the molecule is CC(C)(CC1OC(O)C(O)C(O)C1O)OC1OC(CO)C(O)C(O)C1O. The number of hydrogen-bond donors (Lipinski definition) is 8. The standard InChI is InChI=1S/C15H28O11/c1-15(2,3-5-7(17)9(19)11(21)13(23)24-5)26-14-12(22)10(20)8(18)6(4-16)25-14/h5-14,16-23H,3-4H2,1-2H3. The molecule has 2 saturated heterocycles. The minimum atomic E-state index is -1.69. The Hall–Kier alpha value is -0.440. The van der Waals surface area contributed by atoms with Crippen LogP contribution >= 0.6 is 0 Å². The summed E-state index contributed by atoms with van der Waals surface area (Å²) in [7, 11) is 0.